The van der Waals surface area contributed by atoms with Gasteiger partial charge in [0.1, 0.15) is 10.6 Å². The summed E-state index contributed by atoms with van der Waals surface area (Å²) in [5.74, 6) is -2.58. The number of rotatable bonds is 5. The van der Waals surface area contributed by atoms with Gasteiger partial charge in [0.25, 0.3) is 5.78 Å². The van der Waals surface area contributed by atoms with E-state index in [2.05, 4.69) is 4.98 Å². The fourth-order valence-corrected chi connectivity index (χ4v) is 4.83. The van der Waals surface area contributed by atoms with Crippen LogP contribution >= 0.6 is 22.9 Å². The highest BCUT2D eigenvalue weighted by Gasteiger charge is 2.48. The van der Waals surface area contributed by atoms with E-state index in [4.69, 9.17) is 16.3 Å². The van der Waals surface area contributed by atoms with Crippen molar-refractivity contribution in [1.82, 2.24) is 4.98 Å². The first-order valence-corrected chi connectivity index (χ1v) is 11.3. The average molecular weight is 483 g/mol. The summed E-state index contributed by atoms with van der Waals surface area (Å²) in [5, 5.41) is 11.6. The molecule has 4 rings (SSSR count). The van der Waals surface area contributed by atoms with Crippen LogP contribution in [0, 0.1) is 6.92 Å². The maximum Gasteiger partial charge on any atom is 0.350 e. The molecular weight excluding hydrogens is 464 g/mol. The van der Waals surface area contributed by atoms with Gasteiger partial charge >= 0.3 is 11.9 Å². The van der Waals surface area contributed by atoms with Crippen LogP contribution in [0.25, 0.3) is 5.76 Å². The molecule has 1 aromatic heterocycles. The lowest BCUT2D eigenvalue weighted by molar-refractivity contribution is -0.132. The summed E-state index contributed by atoms with van der Waals surface area (Å²) in [6, 6.07) is 14.2. The van der Waals surface area contributed by atoms with Gasteiger partial charge < -0.3 is 9.84 Å². The molecule has 7 nitrogen and oxygen atoms in total. The number of aromatic nitrogens is 1. The normalized spacial score (nSPS) is 17.4. The zero-order valence-corrected chi connectivity index (χ0v) is 19.3. The van der Waals surface area contributed by atoms with Crippen molar-refractivity contribution in [3.8, 4) is 0 Å². The highest BCUT2D eigenvalue weighted by Crippen LogP contribution is 2.44. The smallest absolute Gasteiger partial charge is 0.350 e. The minimum Gasteiger partial charge on any atom is -0.507 e. The Balaban J connectivity index is 1.92. The molecule has 0 saturated carbocycles. The SMILES string of the molecule is CCOC(=O)c1sc(N2C(=O)C(=O)C(=C(O)c3ccccc3)[C@H]2c2cccc(Cl)c2)nc1C. The molecule has 1 atom stereocenters. The third kappa shape index (κ3) is 4.15. The van der Waals surface area contributed by atoms with E-state index in [9.17, 15) is 19.5 Å². The van der Waals surface area contributed by atoms with E-state index >= 15 is 0 Å². The third-order valence-corrected chi connectivity index (χ3v) is 6.48. The van der Waals surface area contributed by atoms with Crippen LogP contribution in [0.4, 0.5) is 5.13 Å². The second-order valence-electron chi connectivity index (χ2n) is 7.22. The van der Waals surface area contributed by atoms with Gasteiger partial charge in [-0.15, -0.1) is 0 Å². The molecule has 0 spiro atoms. The molecule has 3 aromatic rings. The van der Waals surface area contributed by atoms with Crippen LogP contribution in [0.1, 0.15) is 39.5 Å². The third-order valence-electron chi connectivity index (χ3n) is 5.11. The Kier molecular flexibility index (Phi) is 6.31. The maximum absolute atomic E-state index is 13.2. The van der Waals surface area contributed by atoms with E-state index in [1.54, 1.807) is 68.4 Å². The molecule has 0 unspecified atom stereocenters. The number of carbonyl (C=O) groups excluding carboxylic acids is 3. The molecule has 168 valence electrons. The van der Waals surface area contributed by atoms with E-state index in [0.717, 1.165) is 11.3 Å². The lowest BCUT2D eigenvalue weighted by atomic mass is 9.95. The molecule has 0 bridgehead atoms. The fourth-order valence-electron chi connectivity index (χ4n) is 3.64. The Morgan fingerprint density at radius 2 is 1.91 bits per heavy atom. The topological polar surface area (TPSA) is 96.8 Å². The number of halogens is 1. The first-order chi connectivity index (χ1) is 15.8. The predicted octanol–water partition coefficient (Wildman–Crippen LogP) is 4.91. The van der Waals surface area contributed by atoms with Gasteiger partial charge in [-0.25, -0.2) is 9.78 Å². The number of aryl methyl sites for hydroxylation is 1. The van der Waals surface area contributed by atoms with E-state index < -0.39 is 23.7 Å². The predicted molar refractivity (Wildman–Crippen MR) is 125 cm³/mol. The van der Waals surface area contributed by atoms with E-state index in [1.807, 2.05) is 0 Å². The highest BCUT2D eigenvalue weighted by molar-refractivity contribution is 7.17. The number of amides is 1. The van der Waals surface area contributed by atoms with Gasteiger partial charge in [0.15, 0.2) is 5.13 Å². The molecular formula is C24H19ClN2O5S. The lowest BCUT2D eigenvalue weighted by Gasteiger charge is -2.23. The molecule has 2 aromatic carbocycles. The summed E-state index contributed by atoms with van der Waals surface area (Å²) in [6.07, 6.45) is 0. The van der Waals surface area contributed by atoms with E-state index in [0.29, 0.717) is 21.8 Å². The molecule has 0 radical (unpaired) electrons. The van der Waals surface area contributed by atoms with Gasteiger partial charge in [0.2, 0.25) is 0 Å². The molecule has 33 heavy (non-hydrogen) atoms. The molecule has 1 amide bonds. The minimum atomic E-state index is -0.982. The van der Waals surface area contributed by atoms with Gasteiger partial charge in [0.05, 0.1) is 23.9 Å². The number of hydrogen-bond acceptors (Lipinski definition) is 7. The van der Waals surface area contributed by atoms with Crippen LogP contribution in [0.15, 0.2) is 60.2 Å². The number of anilines is 1. The van der Waals surface area contributed by atoms with Crippen LogP contribution in [-0.2, 0) is 14.3 Å². The number of esters is 1. The van der Waals surface area contributed by atoms with Crippen molar-refractivity contribution in [2.45, 2.75) is 19.9 Å². The number of hydrogen-bond donors (Lipinski definition) is 1. The number of ether oxygens (including phenoxy) is 1. The van der Waals surface area contributed by atoms with Crippen LogP contribution in [-0.4, -0.2) is 34.4 Å². The summed E-state index contributed by atoms with van der Waals surface area (Å²) in [5.41, 5.74) is 1.21. The largest absolute Gasteiger partial charge is 0.507 e. The average Bonchev–Trinajstić information content (AvgIpc) is 3.31. The molecule has 1 fully saturated rings. The second-order valence-corrected chi connectivity index (χ2v) is 8.64. The summed E-state index contributed by atoms with van der Waals surface area (Å²) >= 11 is 7.15. The number of aliphatic hydroxyl groups excluding tert-OH is 1. The first-order valence-electron chi connectivity index (χ1n) is 10.1. The molecule has 1 aliphatic rings. The Morgan fingerprint density at radius 1 is 1.18 bits per heavy atom. The quantitative estimate of drug-likeness (QED) is 0.240. The number of carbonyl (C=O) groups is 3. The Hall–Kier alpha value is -3.49. The zero-order chi connectivity index (χ0) is 23.7. The zero-order valence-electron chi connectivity index (χ0n) is 17.7. The summed E-state index contributed by atoms with van der Waals surface area (Å²) in [4.78, 5) is 44.4. The number of aliphatic hydroxyl groups is 1. The molecule has 1 saturated heterocycles. The van der Waals surface area contributed by atoms with Gasteiger partial charge in [-0.05, 0) is 31.5 Å². The fraction of sp³-hybridized carbons (Fsp3) is 0.167. The number of nitrogens with zero attached hydrogens (tertiary/aromatic N) is 2. The molecule has 1 N–H and O–H groups in total. The monoisotopic (exact) mass is 482 g/mol. The standard InChI is InChI=1S/C24H19ClN2O5S/c1-3-32-23(31)21-13(2)26-24(33-21)27-18(15-10-7-11-16(25)12-15)17(20(29)22(27)30)19(28)14-8-5-4-6-9-14/h4-12,18,28H,3H2,1-2H3/t18-/m1/s1. The van der Waals surface area contributed by atoms with Gasteiger partial charge in [-0.3, -0.25) is 14.5 Å². The molecule has 2 heterocycles. The van der Waals surface area contributed by atoms with Crippen molar-refractivity contribution in [1.29, 1.82) is 0 Å². The molecule has 1 aliphatic heterocycles. The van der Waals surface area contributed by atoms with Crippen molar-refractivity contribution < 1.29 is 24.2 Å². The summed E-state index contributed by atoms with van der Waals surface area (Å²) in [6.45, 7) is 3.51. The lowest BCUT2D eigenvalue weighted by Crippen LogP contribution is -2.29. The maximum atomic E-state index is 13.2. The Morgan fingerprint density at radius 3 is 2.58 bits per heavy atom. The van der Waals surface area contributed by atoms with Crippen LogP contribution in [0.5, 0.6) is 0 Å². The number of thiazole rings is 1. The summed E-state index contributed by atoms with van der Waals surface area (Å²) < 4.78 is 5.07. The second kappa shape index (κ2) is 9.17. The molecule has 9 heteroatoms. The minimum absolute atomic E-state index is 0.0843. The van der Waals surface area contributed by atoms with Crippen LogP contribution < -0.4 is 4.90 Å². The Labute approximate surface area is 198 Å². The van der Waals surface area contributed by atoms with Crippen molar-refractivity contribution in [3.63, 3.8) is 0 Å². The Bertz CT molecular complexity index is 1290. The van der Waals surface area contributed by atoms with Crippen molar-refractivity contribution >= 4 is 51.5 Å². The van der Waals surface area contributed by atoms with E-state index in [1.165, 1.54) is 4.90 Å². The van der Waals surface area contributed by atoms with Crippen molar-refractivity contribution in [2.24, 2.45) is 0 Å². The van der Waals surface area contributed by atoms with Gasteiger partial charge in [0, 0.05) is 10.6 Å². The van der Waals surface area contributed by atoms with Crippen LogP contribution in [0.3, 0.4) is 0 Å². The summed E-state index contributed by atoms with van der Waals surface area (Å²) in [7, 11) is 0. The molecule has 0 aliphatic carbocycles. The van der Waals surface area contributed by atoms with Crippen molar-refractivity contribution in [3.05, 3.63) is 86.9 Å². The van der Waals surface area contributed by atoms with Gasteiger partial charge in [-0.1, -0.05) is 65.4 Å². The van der Waals surface area contributed by atoms with Crippen molar-refractivity contribution in [2.75, 3.05) is 11.5 Å². The highest BCUT2D eigenvalue weighted by atomic mass is 35.5. The first kappa shape index (κ1) is 22.7. The number of benzene rings is 2. The van der Waals surface area contributed by atoms with Gasteiger partial charge in [-0.2, -0.15) is 0 Å². The van der Waals surface area contributed by atoms with Crippen LogP contribution in [0.2, 0.25) is 5.02 Å². The number of ketones is 1. The van der Waals surface area contributed by atoms with E-state index in [-0.39, 0.29) is 27.9 Å². The number of Topliss-reactive ketones (excluding diaryl/α,β-unsaturated/α-hetero) is 1.